The van der Waals surface area contributed by atoms with Crippen molar-refractivity contribution in [1.29, 1.82) is 0 Å². The third-order valence-corrected chi connectivity index (χ3v) is 4.02. The van der Waals surface area contributed by atoms with Gasteiger partial charge in [-0.3, -0.25) is 0 Å². The highest BCUT2D eigenvalue weighted by atomic mass is 35.5. The predicted octanol–water partition coefficient (Wildman–Crippen LogP) is 4.28. The van der Waals surface area contributed by atoms with Crippen molar-refractivity contribution >= 4 is 29.5 Å². The van der Waals surface area contributed by atoms with Crippen molar-refractivity contribution < 1.29 is 14.3 Å². The number of aryl methyl sites for hydroxylation is 1. The zero-order chi connectivity index (χ0) is 16.9. The fraction of sp³-hybridized carbons (Fsp3) is 0.158. The summed E-state index contributed by atoms with van der Waals surface area (Å²) < 4.78 is 10.3. The van der Waals surface area contributed by atoms with Crippen LogP contribution in [-0.4, -0.2) is 19.0 Å². The zero-order valence-electron chi connectivity index (χ0n) is 13.2. The number of hydrogen-bond acceptors (Lipinski definition) is 4. The lowest BCUT2D eigenvalue weighted by Crippen LogP contribution is -2.05. The number of benzene rings is 2. The molecule has 1 heterocycles. The molecule has 0 radical (unpaired) electrons. The highest BCUT2D eigenvalue weighted by Gasteiger charge is 2.22. The van der Waals surface area contributed by atoms with Crippen molar-refractivity contribution in [2.24, 2.45) is 4.99 Å². The lowest BCUT2D eigenvalue weighted by molar-refractivity contribution is -0.130. The summed E-state index contributed by atoms with van der Waals surface area (Å²) in [6.45, 7) is 0. The van der Waals surface area contributed by atoms with Gasteiger partial charge in [0.15, 0.2) is 11.6 Å². The van der Waals surface area contributed by atoms with E-state index >= 15 is 0 Å². The standard InChI is InChI=1S/C19H16ClNO3/c1-23-15-9-6-13(7-10-15)12-17-19(22)24-18(21-17)11-8-14-4-2-3-5-16(14)20/h2-7,9-10,12H,8,11H2,1H3/b17-12+. The number of esters is 1. The molecule has 0 fully saturated rings. The van der Waals surface area contributed by atoms with Gasteiger partial charge in [0.25, 0.3) is 0 Å². The van der Waals surface area contributed by atoms with E-state index in [0.717, 1.165) is 16.9 Å². The second-order valence-electron chi connectivity index (χ2n) is 5.29. The third kappa shape index (κ3) is 3.84. The van der Waals surface area contributed by atoms with Crippen molar-refractivity contribution in [3.63, 3.8) is 0 Å². The Kier molecular flexibility index (Phi) is 4.96. The van der Waals surface area contributed by atoms with Gasteiger partial charge in [0.2, 0.25) is 0 Å². The Bertz CT molecular complexity index is 810. The Morgan fingerprint density at radius 2 is 1.88 bits per heavy atom. The molecule has 0 aliphatic carbocycles. The average Bonchev–Trinajstić information content (AvgIpc) is 2.94. The number of cyclic esters (lactones) is 1. The van der Waals surface area contributed by atoms with E-state index in [-0.39, 0.29) is 0 Å². The summed E-state index contributed by atoms with van der Waals surface area (Å²) in [5.74, 6) is 0.745. The van der Waals surface area contributed by atoms with E-state index in [1.165, 1.54) is 0 Å². The summed E-state index contributed by atoms with van der Waals surface area (Å²) in [6.07, 6.45) is 2.89. The van der Waals surface area contributed by atoms with Gasteiger partial charge in [0.1, 0.15) is 5.75 Å². The SMILES string of the molecule is COc1ccc(/C=C2/N=C(CCc3ccccc3Cl)OC2=O)cc1. The topological polar surface area (TPSA) is 47.9 Å². The molecule has 0 N–H and O–H groups in total. The Balaban J connectivity index is 1.70. The minimum atomic E-state index is -0.431. The molecule has 0 saturated heterocycles. The number of rotatable bonds is 5. The summed E-state index contributed by atoms with van der Waals surface area (Å²) in [6, 6.07) is 15.0. The number of hydrogen-bond donors (Lipinski definition) is 0. The normalized spacial score (nSPS) is 15.3. The molecule has 5 heteroatoms. The fourth-order valence-corrected chi connectivity index (χ4v) is 2.59. The van der Waals surface area contributed by atoms with Crippen molar-refractivity contribution in [1.82, 2.24) is 0 Å². The van der Waals surface area contributed by atoms with Crippen molar-refractivity contribution in [3.8, 4) is 5.75 Å². The number of carbonyl (C=O) groups excluding carboxylic acids is 1. The van der Waals surface area contributed by atoms with Gasteiger partial charge in [-0.1, -0.05) is 41.9 Å². The van der Waals surface area contributed by atoms with Crippen LogP contribution in [0.2, 0.25) is 5.02 Å². The fourth-order valence-electron chi connectivity index (χ4n) is 2.36. The Labute approximate surface area is 145 Å². The van der Waals surface area contributed by atoms with Crippen LogP contribution in [0.25, 0.3) is 6.08 Å². The van der Waals surface area contributed by atoms with Gasteiger partial charge in [-0.15, -0.1) is 0 Å². The maximum Gasteiger partial charge on any atom is 0.363 e. The van der Waals surface area contributed by atoms with Gasteiger partial charge in [-0.2, -0.15) is 0 Å². The maximum atomic E-state index is 11.9. The van der Waals surface area contributed by atoms with Crippen LogP contribution >= 0.6 is 11.6 Å². The molecule has 0 unspecified atom stereocenters. The van der Waals surface area contributed by atoms with Gasteiger partial charge in [0.05, 0.1) is 7.11 Å². The van der Waals surface area contributed by atoms with Gasteiger partial charge < -0.3 is 9.47 Å². The Morgan fingerprint density at radius 3 is 2.58 bits per heavy atom. The summed E-state index contributed by atoms with van der Waals surface area (Å²) >= 11 is 6.13. The smallest absolute Gasteiger partial charge is 0.363 e. The summed E-state index contributed by atoms with van der Waals surface area (Å²) in [5, 5.41) is 0.705. The highest BCUT2D eigenvalue weighted by Crippen LogP contribution is 2.21. The lowest BCUT2D eigenvalue weighted by atomic mass is 10.1. The third-order valence-electron chi connectivity index (χ3n) is 3.65. The molecule has 122 valence electrons. The Morgan fingerprint density at radius 1 is 1.12 bits per heavy atom. The zero-order valence-corrected chi connectivity index (χ0v) is 13.9. The lowest BCUT2D eigenvalue weighted by Gasteiger charge is -2.02. The van der Waals surface area contributed by atoms with E-state index < -0.39 is 5.97 Å². The molecule has 4 nitrogen and oxygen atoms in total. The first-order valence-corrected chi connectivity index (χ1v) is 7.92. The maximum absolute atomic E-state index is 11.9. The number of halogens is 1. The molecular weight excluding hydrogens is 326 g/mol. The molecule has 3 rings (SSSR count). The summed E-state index contributed by atoms with van der Waals surface area (Å²) in [5.41, 5.74) is 2.17. The van der Waals surface area contributed by atoms with Crippen LogP contribution in [0.15, 0.2) is 59.2 Å². The molecular formula is C19H16ClNO3. The van der Waals surface area contributed by atoms with Crippen molar-refractivity contribution in [3.05, 3.63) is 70.4 Å². The second kappa shape index (κ2) is 7.32. The number of methoxy groups -OCH3 is 1. The molecule has 0 saturated carbocycles. The number of nitrogens with zero attached hydrogens (tertiary/aromatic N) is 1. The second-order valence-corrected chi connectivity index (χ2v) is 5.70. The number of carbonyl (C=O) groups is 1. The Hall–Kier alpha value is -2.59. The van der Waals surface area contributed by atoms with E-state index in [9.17, 15) is 4.79 Å². The van der Waals surface area contributed by atoms with Crippen LogP contribution in [0, 0.1) is 0 Å². The summed E-state index contributed by atoms with van der Waals surface area (Å²) in [4.78, 5) is 16.2. The number of ether oxygens (including phenoxy) is 2. The van der Waals surface area contributed by atoms with Gasteiger partial charge >= 0.3 is 5.97 Å². The molecule has 0 atom stereocenters. The first-order valence-electron chi connectivity index (χ1n) is 7.54. The van der Waals surface area contributed by atoms with E-state index in [1.807, 2.05) is 48.5 Å². The molecule has 0 aromatic heterocycles. The van der Waals surface area contributed by atoms with Gasteiger partial charge in [-0.05, 0) is 41.8 Å². The van der Waals surface area contributed by atoms with Crippen LogP contribution < -0.4 is 4.74 Å². The van der Waals surface area contributed by atoms with Crippen LogP contribution in [0.3, 0.4) is 0 Å². The van der Waals surface area contributed by atoms with E-state index in [2.05, 4.69) is 4.99 Å². The molecule has 0 amide bonds. The minimum Gasteiger partial charge on any atom is -0.497 e. The molecule has 0 spiro atoms. The van der Waals surface area contributed by atoms with Crippen molar-refractivity contribution in [2.45, 2.75) is 12.8 Å². The minimum absolute atomic E-state index is 0.300. The van der Waals surface area contributed by atoms with E-state index in [0.29, 0.717) is 29.5 Å². The van der Waals surface area contributed by atoms with Gasteiger partial charge in [-0.25, -0.2) is 9.79 Å². The van der Waals surface area contributed by atoms with Crippen LogP contribution in [0.1, 0.15) is 17.5 Å². The largest absolute Gasteiger partial charge is 0.497 e. The quantitative estimate of drug-likeness (QED) is 0.602. The molecule has 2 aromatic carbocycles. The van der Waals surface area contributed by atoms with Crippen LogP contribution in [0.5, 0.6) is 5.75 Å². The molecule has 1 aliphatic heterocycles. The first-order chi connectivity index (χ1) is 11.7. The van der Waals surface area contributed by atoms with E-state index in [4.69, 9.17) is 21.1 Å². The van der Waals surface area contributed by atoms with Crippen molar-refractivity contribution in [2.75, 3.05) is 7.11 Å². The first kappa shape index (κ1) is 16.3. The summed E-state index contributed by atoms with van der Waals surface area (Å²) in [7, 11) is 1.61. The van der Waals surface area contributed by atoms with Crippen LogP contribution in [0.4, 0.5) is 0 Å². The predicted molar refractivity (Wildman–Crippen MR) is 94.3 cm³/mol. The highest BCUT2D eigenvalue weighted by molar-refractivity contribution is 6.31. The van der Waals surface area contributed by atoms with Crippen LogP contribution in [-0.2, 0) is 16.0 Å². The van der Waals surface area contributed by atoms with E-state index in [1.54, 1.807) is 13.2 Å². The average molecular weight is 342 g/mol. The molecule has 24 heavy (non-hydrogen) atoms. The molecule has 2 aromatic rings. The molecule has 0 bridgehead atoms. The number of aliphatic imine (C=N–C) groups is 1. The molecule has 1 aliphatic rings. The monoisotopic (exact) mass is 341 g/mol. The van der Waals surface area contributed by atoms with Gasteiger partial charge in [0, 0.05) is 11.4 Å².